The lowest BCUT2D eigenvalue weighted by Gasteiger charge is -2.12. The van der Waals surface area contributed by atoms with E-state index in [1.807, 2.05) is 79.5 Å². The molecule has 0 aliphatic heterocycles. The first-order valence-corrected chi connectivity index (χ1v) is 10.3. The van der Waals surface area contributed by atoms with Gasteiger partial charge in [0.2, 0.25) is 0 Å². The van der Waals surface area contributed by atoms with Gasteiger partial charge in [-0.1, -0.05) is 12.1 Å². The van der Waals surface area contributed by atoms with Gasteiger partial charge in [0.25, 0.3) is 0 Å². The van der Waals surface area contributed by atoms with Crippen molar-refractivity contribution in [1.82, 2.24) is 24.5 Å². The molecular weight excluding hydrogens is 386 g/mol. The first-order chi connectivity index (χ1) is 15.2. The van der Waals surface area contributed by atoms with E-state index in [0.29, 0.717) is 6.61 Å². The molecule has 0 amide bonds. The van der Waals surface area contributed by atoms with Gasteiger partial charge in [-0.3, -0.25) is 9.97 Å². The molecule has 0 saturated carbocycles. The Balaban J connectivity index is 1.66. The van der Waals surface area contributed by atoms with Crippen molar-refractivity contribution in [2.24, 2.45) is 0 Å². The molecule has 0 bridgehead atoms. The number of aromatic nitrogens is 4. The lowest BCUT2D eigenvalue weighted by Crippen LogP contribution is -2.19. The summed E-state index contributed by atoms with van der Waals surface area (Å²) in [5.41, 5.74) is 5.74. The molecule has 5 aromatic rings. The highest BCUT2D eigenvalue weighted by Gasteiger charge is 2.19. The fraction of sp³-hybridized carbons (Fsp3) is 0.160. The maximum atomic E-state index is 5.91. The fourth-order valence-electron chi connectivity index (χ4n) is 3.73. The first-order valence-electron chi connectivity index (χ1n) is 10.3. The molecule has 0 atom stereocenters. The van der Waals surface area contributed by atoms with Gasteiger partial charge in [-0.2, -0.15) is 5.10 Å². The number of hydrogen-bond donors (Lipinski definition) is 0. The Bertz CT molecular complexity index is 1340. The summed E-state index contributed by atoms with van der Waals surface area (Å²) in [5.74, 6) is 0.823. The van der Waals surface area contributed by atoms with Crippen molar-refractivity contribution in [2.45, 2.75) is 0 Å². The summed E-state index contributed by atoms with van der Waals surface area (Å²) < 4.78 is 7.82. The van der Waals surface area contributed by atoms with Crippen molar-refractivity contribution < 1.29 is 4.74 Å². The van der Waals surface area contributed by atoms with E-state index >= 15 is 0 Å². The second-order valence-electron chi connectivity index (χ2n) is 7.66. The molecule has 31 heavy (non-hydrogen) atoms. The molecule has 5 rings (SSSR count). The lowest BCUT2D eigenvalue weighted by atomic mass is 9.98. The highest BCUT2D eigenvalue weighted by Crippen LogP contribution is 2.38. The van der Waals surface area contributed by atoms with Crippen LogP contribution in [0, 0.1) is 0 Å². The van der Waals surface area contributed by atoms with Crippen LogP contribution in [-0.4, -0.2) is 51.7 Å². The molecule has 0 aliphatic carbocycles. The molecule has 6 heteroatoms. The Kier molecular flexibility index (Phi) is 5.06. The zero-order valence-corrected chi connectivity index (χ0v) is 17.6. The smallest absolute Gasteiger partial charge is 0.121 e. The van der Waals surface area contributed by atoms with Crippen LogP contribution in [0.5, 0.6) is 5.75 Å². The van der Waals surface area contributed by atoms with Crippen molar-refractivity contribution >= 4 is 16.4 Å². The molecule has 1 aromatic carbocycles. The maximum absolute atomic E-state index is 5.91. The molecule has 6 nitrogen and oxygen atoms in total. The second kappa shape index (κ2) is 8.16. The van der Waals surface area contributed by atoms with Gasteiger partial charge in [-0.25, -0.2) is 4.52 Å². The Hall–Kier alpha value is -3.77. The SMILES string of the molecule is CN(C)CCOc1ccc2c(-c3c(-c4ccccn4)nn4ccccc34)ccnc2c1. The zero-order chi connectivity index (χ0) is 21.2. The predicted octanol–water partition coefficient (Wildman–Crippen LogP) is 4.55. The standard InChI is InChI=1S/C25H23N5O/c1-29(2)15-16-31-18-9-10-19-20(11-13-27-22(19)17-18)24-23-8-4-6-14-30(23)28-25(24)21-7-3-5-12-26-21/h3-14,17H,15-16H2,1-2H3. The number of nitrogens with zero attached hydrogens (tertiary/aromatic N) is 5. The van der Waals surface area contributed by atoms with Crippen LogP contribution in [0.4, 0.5) is 0 Å². The van der Waals surface area contributed by atoms with Crippen molar-refractivity contribution in [2.75, 3.05) is 27.2 Å². The average Bonchev–Trinajstić information content (AvgIpc) is 3.18. The Morgan fingerprint density at radius 2 is 1.84 bits per heavy atom. The lowest BCUT2D eigenvalue weighted by molar-refractivity contribution is 0.261. The Labute approximate surface area is 180 Å². The number of fused-ring (bicyclic) bond motifs is 2. The summed E-state index contributed by atoms with van der Waals surface area (Å²) >= 11 is 0. The molecule has 0 aliphatic rings. The van der Waals surface area contributed by atoms with Gasteiger partial charge in [0, 0.05) is 42.2 Å². The van der Waals surface area contributed by atoms with Crippen molar-refractivity contribution in [3.63, 3.8) is 0 Å². The average molecular weight is 409 g/mol. The third-order valence-corrected chi connectivity index (χ3v) is 5.24. The quantitative estimate of drug-likeness (QED) is 0.412. The molecule has 0 radical (unpaired) electrons. The third-order valence-electron chi connectivity index (χ3n) is 5.24. The molecule has 0 unspecified atom stereocenters. The summed E-state index contributed by atoms with van der Waals surface area (Å²) in [7, 11) is 4.07. The van der Waals surface area contributed by atoms with Crippen LogP contribution in [-0.2, 0) is 0 Å². The van der Waals surface area contributed by atoms with Crippen LogP contribution >= 0.6 is 0 Å². The van der Waals surface area contributed by atoms with Gasteiger partial charge in [0.05, 0.1) is 16.7 Å². The van der Waals surface area contributed by atoms with Gasteiger partial charge in [-0.15, -0.1) is 0 Å². The van der Waals surface area contributed by atoms with E-state index in [2.05, 4.69) is 27.0 Å². The van der Waals surface area contributed by atoms with E-state index in [9.17, 15) is 0 Å². The summed E-state index contributed by atoms with van der Waals surface area (Å²) in [6, 6.07) is 20.1. The van der Waals surface area contributed by atoms with E-state index in [1.165, 1.54) is 0 Å². The molecule has 0 N–H and O–H groups in total. The molecule has 0 spiro atoms. The zero-order valence-electron chi connectivity index (χ0n) is 17.6. The molecule has 154 valence electrons. The van der Waals surface area contributed by atoms with E-state index in [4.69, 9.17) is 9.84 Å². The summed E-state index contributed by atoms with van der Waals surface area (Å²) in [5, 5.41) is 5.90. The van der Waals surface area contributed by atoms with Gasteiger partial charge >= 0.3 is 0 Å². The minimum atomic E-state index is 0.635. The van der Waals surface area contributed by atoms with Gasteiger partial charge in [0.15, 0.2) is 0 Å². The molecule has 4 heterocycles. The van der Waals surface area contributed by atoms with Crippen LogP contribution in [0.1, 0.15) is 0 Å². The van der Waals surface area contributed by atoms with Gasteiger partial charge in [-0.05, 0) is 62.1 Å². The van der Waals surface area contributed by atoms with E-state index in [0.717, 1.165) is 51.2 Å². The Morgan fingerprint density at radius 1 is 0.935 bits per heavy atom. The highest BCUT2D eigenvalue weighted by molar-refractivity contribution is 6.03. The van der Waals surface area contributed by atoms with Crippen molar-refractivity contribution in [3.8, 4) is 28.3 Å². The number of benzene rings is 1. The Morgan fingerprint density at radius 3 is 2.68 bits per heavy atom. The second-order valence-corrected chi connectivity index (χ2v) is 7.66. The predicted molar refractivity (Wildman–Crippen MR) is 123 cm³/mol. The number of hydrogen-bond acceptors (Lipinski definition) is 5. The van der Waals surface area contributed by atoms with Crippen LogP contribution in [0.2, 0.25) is 0 Å². The van der Waals surface area contributed by atoms with Crippen molar-refractivity contribution in [3.05, 3.63) is 79.3 Å². The summed E-state index contributed by atoms with van der Waals surface area (Å²) in [6.45, 7) is 1.50. The van der Waals surface area contributed by atoms with E-state index in [-0.39, 0.29) is 0 Å². The fourth-order valence-corrected chi connectivity index (χ4v) is 3.73. The highest BCUT2D eigenvalue weighted by atomic mass is 16.5. The topological polar surface area (TPSA) is 55.5 Å². The van der Waals surface area contributed by atoms with E-state index in [1.54, 1.807) is 6.20 Å². The normalized spacial score (nSPS) is 11.5. The largest absolute Gasteiger partial charge is 0.492 e. The third kappa shape index (κ3) is 3.73. The van der Waals surface area contributed by atoms with Crippen LogP contribution in [0.15, 0.2) is 79.3 Å². The van der Waals surface area contributed by atoms with Gasteiger partial charge in [0.1, 0.15) is 18.1 Å². The first kappa shape index (κ1) is 19.2. The molecular formula is C25H23N5O. The van der Waals surface area contributed by atoms with Crippen LogP contribution < -0.4 is 4.74 Å². The van der Waals surface area contributed by atoms with Gasteiger partial charge < -0.3 is 9.64 Å². The summed E-state index contributed by atoms with van der Waals surface area (Å²) in [4.78, 5) is 11.3. The van der Waals surface area contributed by atoms with E-state index < -0.39 is 0 Å². The number of rotatable bonds is 6. The minimum Gasteiger partial charge on any atom is -0.492 e. The molecule has 0 fully saturated rings. The number of likely N-dealkylation sites (N-methyl/N-ethyl adjacent to an activating group) is 1. The van der Waals surface area contributed by atoms with Crippen molar-refractivity contribution in [1.29, 1.82) is 0 Å². The van der Waals surface area contributed by atoms with Crippen LogP contribution in [0.25, 0.3) is 38.9 Å². The molecule has 4 aromatic heterocycles. The maximum Gasteiger partial charge on any atom is 0.121 e. The monoisotopic (exact) mass is 409 g/mol. The minimum absolute atomic E-state index is 0.635. The summed E-state index contributed by atoms with van der Waals surface area (Å²) in [6.07, 6.45) is 5.60. The number of pyridine rings is 3. The molecule has 0 saturated heterocycles. The number of ether oxygens (including phenoxy) is 1. The van der Waals surface area contributed by atoms with Crippen LogP contribution in [0.3, 0.4) is 0 Å².